The van der Waals surface area contributed by atoms with Crippen molar-refractivity contribution >= 4 is 23.2 Å². The topological polar surface area (TPSA) is 58.2 Å². The lowest BCUT2D eigenvalue weighted by molar-refractivity contribution is -0.123. The number of rotatable bonds is 5. The maximum absolute atomic E-state index is 12.7. The van der Waals surface area contributed by atoms with Crippen molar-refractivity contribution in [1.29, 1.82) is 0 Å². The van der Waals surface area contributed by atoms with Crippen molar-refractivity contribution in [3.8, 4) is 0 Å². The Labute approximate surface area is 159 Å². The highest BCUT2D eigenvalue weighted by atomic mass is 32.1. The van der Waals surface area contributed by atoms with Gasteiger partial charge in [-0.1, -0.05) is 44.2 Å². The Bertz CT molecular complexity index is 783. The van der Waals surface area contributed by atoms with Gasteiger partial charge < -0.3 is 10.6 Å². The SMILES string of the molecule is CC(=O)N[C@@H](CC(=O)N[C@H]1CCC(C)(C)c2ccccc21)c1cccs1. The summed E-state index contributed by atoms with van der Waals surface area (Å²) in [5, 5.41) is 8.05. The van der Waals surface area contributed by atoms with Gasteiger partial charge in [0.05, 0.1) is 18.5 Å². The van der Waals surface area contributed by atoms with Crippen LogP contribution >= 0.6 is 11.3 Å². The van der Waals surface area contributed by atoms with Crippen LogP contribution in [0, 0.1) is 0 Å². The fourth-order valence-electron chi connectivity index (χ4n) is 3.76. The third kappa shape index (κ3) is 4.15. The molecule has 4 nitrogen and oxygen atoms in total. The van der Waals surface area contributed by atoms with Gasteiger partial charge in [-0.15, -0.1) is 11.3 Å². The van der Waals surface area contributed by atoms with Crippen LogP contribution < -0.4 is 10.6 Å². The second-order valence-electron chi connectivity index (χ2n) is 7.60. The van der Waals surface area contributed by atoms with Crippen LogP contribution in [0.3, 0.4) is 0 Å². The standard InChI is InChI=1S/C21H26N2O2S/c1-14(24)22-18(19-9-6-12-26-19)13-20(25)23-17-10-11-21(2,3)16-8-5-4-7-15(16)17/h4-9,12,17-18H,10-11,13H2,1-3H3,(H,22,24)(H,23,25)/t17-,18-/m0/s1. The summed E-state index contributed by atoms with van der Waals surface area (Å²) in [6, 6.07) is 12.0. The first-order valence-corrected chi connectivity index (χ1v) is 9.94. The predicted molar refractivity (Wildman–Crippen MR) is 105 cm³/mol. The van der Waals surface area contributed by atoms with Gasteiger partial charge in [-0.25, -0.2) is 0 Å². The third-order valence-electron chi connectivity index (χ3n) is 5.11. The van der Waals surface area contributed by atoms with Crippen molar-refractivity contribution in [2.75, 3.05) is 0 Å². The summed E-state index contributed by atoms with van der Waals surface area (Å²) in [6.45, 7) is 6.00. The summed E-state index contributed by atoms with van der Waals surface area (Å²) in [5.41, 5.74) is 2.66. The van der Waals surface area contributed by atoms with Crippen molar-refractivity contribution < 1.29 is 9.59 Å². The Kier molecular flexibility index (Phi) is 5.47. The van der Waals surface area contributed by atoms with E-state index in [1.165, 1.54) is 18.1 Å². The number of hydrogen-bond donors (Lipinski definition) is 2. The fourth-order valence-corrected chi connectivity index (χ4v) is 4.54. The molecule has 0 radical (unpaired) electrons. The smallest absolute Gasteiger partial charge is 0.222 e. The molecule has 2 N–H and O–H groups in total. The van der Waals surface area contributed by atoms with Crippen molar-refractivity contribution in [2.24, 2.45) is 0 Å². The molecule has 0 spiro atoms. The molecule has 26 heavy (non-hydrogen) atoms. The van der Waals surface area contributed by atoms with Gasteiger partial charge in [-0.05, 0) is 40.8 Å². The Hall–Kier alpha value is -2.14. The molecule has 0 aliphatic heterocycles. The summed E-state index contributed by atoms with van der Waals surface area (Å²) in [5.74, 6) is -0.155. The summed E-state index contributed by atoms with van der Waals surface area (Å²) >= 11 is 1.55. The van der Waals surface area contributed by atoms with Crippen molar-refractivity contribution in [3.63, 3.8) is 0 Å². The highest BCUT2D eigenvalue weighted by Gasteiger charge is 2.33. The highest BCUT2D eigenvalue weighted by Crippen LogP contribution is 2.41. The van der Waals surface area contributed by atoms with Crippen molar-refractivity contribution in [1.82, 2.24) is 10.6 Å². The largest absolute Gasteiger partial charge is 0.349 e. The molecular weight excluding hydrogens is 344 g/mol. The normalized spacial score (nSPS) is 19.3. The van der Waals surface area contributed by atoms with Crippen molar-refractivity contribution in [3.05, 3.63) is 57.8 Å². The van der Waals surface area contributed by atoms with E-state index in [4.69, 9.17) is 0 Å². The lowest BCUT2D eigenvalue weighted by atomic mass is 9.71. The van der Waals surface area contributed by atoms with E-state index in [1.807, 2.05) is 23.6 Å². The van der Waals surface area contributed by atoms with E-state index in [-0.39, 0.29) is 35.7 Å². The van der Waals surface area contributed by atoms with Crippen LogP contribution in [-0.2, 0) is 15.0 Å². The number of nitrogens with one attached hydrogen (secondary N) is 2. The third-order valence-corrected chi connectivity index (χ3v) is 6.10. The molecule has 1 heterocycles. The lowest BCUT2D eigenvalue weighted by Gasteiger charge is -2.37. The molecule has 5 heteroatoms. The van der Waals surface area contributed by atoms with Gasteiger partial charge >= 0.3 is 0 Å². The summed E-state index contributed by atoms with van der Waals surface area (Å²) in [6.07, 6.45) is 2.22. The van der Waals surface area contributed by atoms with Crippen LogP contribution in [0.25, 0.3) is 0 Å². The monoisotopic (exact) mass is 370 g/mol. The Morgan fingerprint density at radius 3 is 2.69 bits per heavy atom. The molecule has 0 unspecified atom stereocenters. The van der Waals surface area contributed by atoms with Crippen LogP contribution in [0.5, 0.6) is 0 Å². The summed E-state index contributed by atoms with van der Waals surface area (Å²) in [7, 11) is 0. The van der Waals surface area contributed by atoms with Crippen LogP contribution in [0.4, 0.5) is 0 Å². The number of benzene rings is 1. The van der Waals surface area contributed by atoms with E-state index < -0.39 is 0 Å². The zero-order chi connectivity index (χ0) is 18.7. The van der Waals surface area contributed by atoms with Crippen molar-refractivity contribution in [2.45, 2.75) is 57.5 Å². The molecule has 3 rings (SSSR count). The molecule has 1 aromatic carbocycles. The van der Waals surface area contributed by atoms with E-state index in [0.717, 1.165) is 17.7 Å². The number of fused-ring (bicyclic) bond motifs is 1. The van der Waals surface area contributed by atoms with E-state index in [1.54, 1.807) is 11.3 Å². The van der Waals surface area contributed by atoms with Crippen LogP contribution in [0.2, 0.25) is 0 Å². The molecule has 0 saturated heterocycles. The number of carbonyl (C=O) groups is 2. The van der Waals surface area contributed by atoms with Gasteiger partial charge in [-0.2, -0.15) is 0 Å². The second-order valence-corrected chi connectivity index (χ2v) is 8.58. The molecule has 1 aromatic heterocycles. The zero-order valence-electron chi connectivity index (χ0n) is 15.5. The quantitative estimate of drug-likeness (QED) is 0.827. The number of carbonyl (C=O) groups excluding carboxylic acids is 2. The van der Waals surface area contributed by atoms with E-state index in [0.29, 0.717) is 0 Å². The average Bonchev–Trinajstić information content (AvgIpc) is 3.11. The number of thiophene rings is 1. The molecule has 2 aromatic rings. The molecule has 0 bridgehead atoms. The van der Waals surface area contributed by atoms with Gasteiger partial charge in [0.15, 0.2) is 0 Å². The Morgan fingerprint density at radius 1 is 1.23 bits per heavy atom. The first kappa shape index (κ1) is 18.6. The number of hydrogen-bond acceptors (Lipinski definition) is 3. The molecule has 1 aliphatic rings. The van der Waals surface area contributed by atoms with Gasteiger partial charge in [-0.3, -0.25) is 9.59 Å². The zero-order valence-corrected chi connectivity index (χ0v) is 16.4. The summed E-state index contributed by atoms with van der Waals surface area (Å²) < 4.78 is 0. The predicted octanol–water partition coefficient (Wildman–Crippen LogP) is 4.24. The van der Waals surface area contributed by atoms with Gasteiger partial charge in [0.25, 0.3) is 0 Å². The second kappa shape index (κ2) is 7.62. The molecule has 2 atom stereocenters. The molecular formula is C21H26N2O2S. The molecule has 0 fully saturated rings. The molecule has 138 valence electrons. The Morgan fingerprint density at radius 2 is 2.00 bits per heavy atom. The first-order chi connectivity index (χ1) is 12.4. The minimum absolute atomic E-state index is 0.0309. The number of amides is 2. The average molecular weight is 371 g/mol. The maximum atomic E-state index is 12.7. The van der Waals surface area contributed by atoms with E-state index >= 15 is 0 Å². The minimum atomic E-state index is -0.275. The minimum Gasteiger partial charge on any atom is -0.349 e. The molecule has 0 saturated carbocycles. The molecule has 2 amide bonds. The van der Waals surface area contributed by atoms with Gasteiger partial charge in [0, 0.05) is 11.8 Å². The van der Waals surface area contributed by atoms with Crippen LogP contribution in [0.15, 0.2) is 41.8 Å². The lowest BCUT2D eigenvalue weighted by Crippen LogP contribution is -2.37. The molecule has 1 aliphatic carbocycles. The van der Waals surface area contributed by atoms with Gasteiger partial charge in [0.2, 0.25) is 11.8 Å². The van der Waals surface area contributed by atoms with E-state index in [2.05, 4.69) is 42.7 Å². The van der Waals surface area contributed by atoms with E-state index in [9.17, 15) is 9.59 Å². The highest BCUT2D eigenvalue weighted by molar-refractivity contribution is 7.10. The maximum Gasteiger partial charge on any atom is 0.222 e. The fraction of sp³-hybridized carbons (Fsp3) is 0.429. The van der Waals surface area contributed by atoms with Crippen LogP contribution in [-0.4, -0.2) is 11.8 Å². The first-order valence-electron chi connectivity index (χ1n) is 9.06. The Balaban J connectivity index is 1.72. The van der Waals surface area contributed by atoms with Crippen LogP contribution in [0.1, 0.15) is 68.1 Å². The van der Waals surface area contributed by atoms with Gasteiger partial charge in [0.1, 0.15) is 0 Å². The summed E-state index contributed by atoms with van der Waals surface area (Å²) in [4.78, 5) is 25.2.